The van der Waals surface area contributed by atoms with Crippen LogP contribution in [-0.2, 0) is 15.1 Å². The van der Waals surface area contributed by atoms with Crippen LogP contribution in [0.5, 0.6) is 0 Å². The third-order valence-electron chi connectivity index (χ3n) is 2.37. The molecule has 2 rings (SSSR count). The normalized spacial score (nSPS) is 10.6. The summed E-state index contributed by atoms with van der Waals surface area (Å²) >= 11 is 2.60. The lowest BCUT2D eigenvalue weighted by Crippen LogP contribution is -1.83. The van der Waals surface area contributed by atoms with E-state index < -0.39 is 0 Å². The first-order chi connectivity index (χ1) is 9.24. The molecule has 0 unspecified atom stereocenters. The molecule has 0 fully saturated rings. The molecule has 0 aliphatic heterocycles. The van der Waals surface area contributed by atoms with Gasteiger partial charge in [-0.15, -0.1) is 0 Å². The van der Waals surface area contributed by atoms with Gasteiger partial charge >= 0.3 is 0 Å². The van der Waals surface area contributed by atoms with E-state index in [1.54, 1.807) is 24.3 Å². The van der Waals surface area contributed by atoms with Crippen molar-refractivity contribution >= 4 is 24.1 Å². The van der Waals surface area contributed by atoms with E-state index >= 15 is 0 Å². The van der Waals surface area contributed by atoms with Crippen LogP contribution in [0.3, 0.4) is 0 Å². The molecule has 0 saturated heterocycles. The van der Waals surface area contributed by atoms with E-state index in [2.05, 4.69) is 0 Å². The summed E-state index contributed by atoms with van der Waals surface area (Å²) in [6, 6.07) is 12.7. The topological polar surface area (TPSA) is 9.23 Å². The average molecular weight is 298 g/mol. The van der Waals surface area contributed by atoms with E-state index in [4.69, 9.17) is 3.63 Å². The van der Waals surface area contributed by atoms with Gasteiger partial charge in [0.2, 0.25) is 0 Å². The standard InChI is InChI=1S/C14H12F2OS2/c15-13-5-1-11(2-6-13)9-18-17-19-10-12-3-7-14(16)8-4-12/h1-8H,9-10H2. The molecule has 0 radical (unpaired) electrons. The Labute approximate surface area is 119 Å². The van der Waals surface area contributed by atoms with Crippen LogP contribution in [0.2, 0.25) is 0 Å². The van der Waals surface area contributed by atoms with Gasteiger partial charge in [0.15, 0.2) is 0 Å². The lowest BCUT2D eigenvalue weighted by Gasteiger charge is -2.02. The van der Waals surface area contributed by atoms with Crippen molar-refractivity contribution in [2.24, 2.45) is 0 Å². The summed E-state index contributed by atoms with van der Waals surface area (Å²) in [5.41, 5.74) is 2.02. The summed E-state index contributed by atoms with van der Waals surface area (Å²) < 4.78 is 30.7. The van der Waals surface area contributed by atoms with Crippen molar-refractivity contribution in [3.8, 4) is 0 Å². The highest BCUT2D eigenvalue weighted by Crippen LogP contribution is 2.23. The second-order valence-electron chi connectivity index (χ2n) is 3.85. The predicted octanol–water partition coefficient (Wildman–Crippen LogP) is 4.98. The van der Waals surface area contributed by atoms with Gasteiger partial charge in [-0.2, -0.15) is 0 Å². The largest absolute Gasteiger partial charge is 0.247 e. The van der Waals surface area contributed by atoms with Crippen LogP contribution in [0.15, 0.2) is 48.5 Å². The molecule has 19 heavy (non-hydrogen) atoms. The quantitative estimate of drug-likeness (QED) is 0.550. The van der Waals surface area contributed by atoms with E-state index in [9.17, 15) is 8.78 Å². The van der Waals surface area contributed by atoms with Crippen LogP contribution in [0.25, 0.3) is 0 Å². The van der Waals surface area contributed by atoms with Crippen molar-refractivity contribution in [3.05, 3.63) is 71.3 Å². The Kier molecular flexibility index (Phi) is 5.69. The molecule has 2 aromatic carbocycles. The van der Waals surface area contributed by atoms with E-state index in [-0.39, 0.29) is 11.6 Å². The van der Waals surface area contributed by atoms with Gasteiger partial charge in [0, 0.05) is 35.6 Å². The number of benzene rings is 2. The summed E-state index contributed by atoms with van der Waals surface area (Å²) in [5, 5.41) is 0. The van der Waals surface area contributed by atoms with Gasteiger partial charge in [-0.05, 0) is 35.4 Å². The van der Waals surface area contributed by atoms with Crippen LogP contribution in [0.1, 0.15) is 11.1 Å². The summed E-state index contributed by atoms with van der Waals surface area (Å²) in [6.45, 7) is 0. The van der Waals surface area contributed by atoms with Gasteiger partial charge in [-0.25, -0.2) is 12.4 Å². The van der Waals surface area contributed by atoms with Crippen LogP contribution < -0.4 is 0 Å². The molecule has 0 heterocycles. The molecule has 0 aliphatic rings. The highest BCUT2D eigenvalue weighted by atomic mass is 32.2. The second kappa shape index (κ2) is 7.53. The molecule has 0 saturated carbocycles. The molecule has 100 valence electrons. The fraction of sp³-hybridized carbons (Fsp3) is 0.143. The van der Waals surface area contributed by atoms with Gasteiger partial charge in [-0.3, -0.25) is 0 Å². The third kappa shape index (κ3) is 5.22. The Hall–Kier alpha value is -1.04. The average Bonchev–Trinajstić information content (AvgIpc) is 2.43. The van der Waals surface area contributed by atoms with Crippen LogP contribution >= 0.6 is 24.1 Å². The molecule has 0 N–H and O–H groups in total. The smallest absolute Gasteiger partial charge is 0.123 e. The van der Waals surface area contributed by atoms with E-state index in [0.29, 0.717) is 11.5 Å². The molecule has 0 bridgehead atoms. The van der Waals surface area contributed by atoms with Crippen molar-refractivity contribution in [1.82, 2.24) is 0 Å². The molecule has 0 aliphatic carbocycles. The first-order valence-corrected chi connectivity index (χ1v) is 7.46. The maximum atomic E-state index is 12.7. The van der Waals surface area contributed by atoms with Crippen molar-refractivity contribution in [2.45, 2.75) is 11.5 Å². The zero-order valence-electron chi connectivity index (χ0n) is 10.0. The fourth-order valence-electron chi connectivity index (χ4n) is 1.38. The number of hydrogen-bond acceptors (Lipinski definition) is 3. The van der Waals surface area contributed by atoms with E-state index in [1.807, 2.05) is 0 Å². The number of halogens is 2. The van der Waals surface area contributed by atoms with Gasteiger partial charge in [-0.1, -0.05) is 24.3 Å². The van der Waals surface area contributed by atoms with Crippen LogP contribution in [0.4, 0.5) is 8.78 Å². The van der Waals surface area contributed by atoms with Gasteiger partial charge in [0.25, 0.3) is 0 Å². The summed E-state index contributed by atoms with van der Waals surface area (Å²) in [7, 11) is 0. The highest BCUT2D eigenvalue weighted by molar-refractivity contribution is 8.07. The lowest BCUT2D eigenvalue weighted by molar-refractivity contribution is 0.627. The van der Waals surface area contributed by atoms with Gasteiger partial charge < -0.3 is 0 Å². The molecule has 0 amide bonds. The summed E-state index contributed by atoms with van der Waals surface area (Å²) in [6.07, 6.45) is 0. The molecular weight excluding hydrogens is 286 g/mol. The second-order valence-corrected chi connectivity index (χ2v) is 5.44. The first-order valence-electron chi connectivity index (χ1n) is 5.64. The Bertz CT molecular complexity index is 452. The molecular formula is C14H12F2OS2. The minimum absolute atomic E-state index is 0.236. The Morgan fingerprint density at radius 3 is 1.42 bits per heavy atom. The van der Waals surface area contributed by atoms with Crippen molar-refractivity contribution < 1.29 is 12.4 Å². The van der Waals surface area contributed by atoms with Crippen LogP contribution in [-0.4, -0.2) is 0 Å². The molecule has 0 atom stereocenters. The van der Waals surface area contributed by atoms with E-state index in [1.165, 1.54) is 48.4 Å². The maximum Gasteiger partial charge on any atom is 0.123 e. The molecule has 0 aromatic heterocycles. The van der Waals surface area contributed by atoms with Crippen molar-refractivity contribution in [2.75, 3.05) is 0 Å². The van der Waals surface area contributed by atoms with Crippen molar-refractivity contribution in [3.63, 3.8) is 0 Å². The lowest BCUT2D eigenvalue weighted by atomic mass is 10.2. The van der Waals surface area contributed by atoms with Gasteiger partial charge in [0.05, 0.1) is 0 Å². The Morgan fingerprint density at radius 1 is 0.684 bits per heavy atom. The van der Waals surface area contributed by atoms with Crippen molar-refractivity contribution in [1.29, 1.82) is 0 Å². The predicted molar refractivity (Wildman–Crippen MR) is 76.5 cm³/mol. The SMILES string of the molecule is Fc1ccc(CSOSCc2ccc(F)cc2)cc1. The minimum Gasteiger partial charge on any atom is -0.247 e. The molecule has 0 spiro atoms. The molecule has 1 nitrogen and oxygen atoms in total. The number of rotatable bonds is 6. The monoisotopic (exact) mass is 298 g/mol. The molecule has 5 heteroatoms. The summed E-state index contributed by atoms with van der Waals surface area (Å²) in [5.74, 6) is 0.855. The Morgan fingerprint density at radius 2 is 1.05 bits per heavy atom. The molecule has 2 aromatic rings. The van der Waals surface area contributed by atoms with Crippen LogP contribution in [0, 0.1) is 11.6 Å². The zero-order chi connectivity index (χ0) is 13.5. The van der Waals surface area contributed by atoms with Gasteiger partial charge in [0.1, 0.15) is 11.6 Å². The van der Waals surface area contributed by atoms with E-state index in [0.717, 1.165) is 11.1 Å². The zero-order valence-corrected chi connectivity index (χ0v) is 11.6. The Balaban J connectivity index is 1.64. The fourth-order valence-corrected chi connectivity index (χ4v) is 2.69. The third-order valence-corrected chi connectivity index (χ3v) is 4.05. The highest BCUT2D eigenvalue weighted by Gasteiger charge is 1.98. The maximum absolute atomic E-state index is 12.7. The summed E-state index contributed by atoms with van der Waals surface area (Å²) in [4.78, 5) is 0. The first kappa shape index (κ1) is 14.4. The number of hydrogen-bond donors (Lipinski definition) is 0. The minimum atomic E-state index is -0.236.